The second kappa shape index (κ2) is 6.02. The number of allylic oxidation sites excluding steroid dienone is 1. The lowest BCUT2D eigenvalue weighted by molar-refractivity contribution is -0.111. The summed E-state index contributed by atoms with van der Waals surface area (Å²) in [5.41, 5.74) is 2.91. The predicted molar refractivity (Wildman–Crippen MR) is 83.8 cm³/mol. The average Bonchev–Trinajstić information content (AvgIpc) is 3.00. The molecule has 1 aliphatic rings. The average molecular weight is 319 g/mol. The van der Waals surface area contributed by atoms with Crippen molar-refractivity contribution in [3.8, 4) is 11.5 Å². The Morgan fingerprint density at radius 3 is 2.91 bits per heavy atom. The molecule has 7 heteroatoms. The minimum atomic E-state index is -0.156. The van der Waals surface area contributed by atoms with Crippen LogP contribution in [0.15, 0.2) is 16.2 Å². The number of aromatic nitrogens is 2. The summed E-state index contributed by atoms with van der Waals surface area (Å²) in [6.45, 7) is 6.75. The lowest BCUT2D eigenvalue weighted by atomic mass is 10.1. The Balaban J connectivity index is 2.03. The third kappa shape index (κ3) is 2.95. The Morgan fingerprint density at radius 2 is 2.23 bits per heavy atom. The molecule has 1 amide bonds. The van der Waals surface area contributed by atoms with Gasteiger partial charge in [0.1, 0.15) is 5.00 Å². The van der Waals surface area contributed by atoms with E-state index in [4.69, 9.17) is 9.26 Å². The van der Waals surface area contributed by atoms with Crippen LogP contribution in [0.3, 0.4) is 0 Å². The topological polar surface area (TPSA) is 77.3 Å². The number of thiophene rings is 1. The Morgan fingerprint density at radius 1 is 1.41 bits per heavy atom. The molecule has 0 radical (unpaired) electrons. The minimum absolute atomic E-state index is 0.156. The monoisotopic (exact) mass is 319 g/mol. The van der Waals surface area contributed by atoms with Crippen LogP contribution in [0, 0.1) is 6.92 Å². The summed E-state index contributed by atoms with van der Waals surface area (Å²) >= 11 is 1.51. The molecule has 0 fully saturated rings. The molecule has 0 spiro atoms. The van der Waals surface area contributed by atoms with Gasteiger partial charge in [-0.25, -0.2) is 0 Å². The number of hydrogen-bond donors (Lipinski definition) is 1. The normalized spacial score (nSPS) is 13.6. The van der Waals surface area contributed by atoms with E-state index in [1.807, 2.05) is 13.8 Å². The molecule has 6 nitrogen and oxygen atoms in total. The summed E-state index contributed by atoms with van der Waals surface area (Å²) in [7, 11) is 0. The fourth-order valence-electron chi connectivity index (χ4n) is 2.36. The SMILES string of the molecule is CC(C)=CC(=O)Nc1sc2c(c1-c1nc(C)no1)CCOC2. The van der Waals surface area contributed by atoms with Crippen LogP contribution in [0.2, 0.25) is 0 Å². The van der Waals surface area contributed by atoms with Crippen LogP contribution in [0.4, 0.5) is 5.00 Å². The van der Waals surface area contributed by atoms with Crippen LogP contribution in [-0.4, -0.2) is 22.7 Å². The molecule has 0 aromatic carbocycles. The van der Waals surface area contributed by atoms with E-state index in [0.29, 0.717) is 24.9 Å². The van der Waals surface area contributed by atoms with Crippen molar-refractivity contribution in [1.29, 1.82) is 0 Å². The van der Waals surface area contributed by atoms with Gasteiger partial charge in [0.25, 0.3) is 5.89 Å². The smallest absolute Gasteiger partial charge is 0.261 e. The molecule has 0 saturated heterocycles. The van der Waals surface area contributed by atoms with E-state index in [1.165, 1.54) is 11.3 Å². The zero-order valence-electron chi connectivity index (χ0n) is 12.7. The highest BCUT2D eigenvalue weighted by atomic mass is 32.1. The highest BCUT2D eigenvalue weighted by molar-refractivity contribution is 7.17. The van der Waals surface area contributed by atoms with E-state index in [9.17, 15) is 4.79 Å². The fourth-order valence-corrected chi connectivity index (χ4v) is 3.54. The standard InChI is InChI=1S/C15H17N3O3S/c1-8(2)6-12(19)17-15-13(14-16-9(3)18-21-14)10-4-5-20-7-11(10)22-15/h6H,4-5,7H2,1-3H3,(H,17,19). The molecule has 116 valence electrons. The quantitative estimate of drug-likeness (QED) is 0.880. The maximum Gasteiger partial charge on any atom is 0.261 e. The van der Waals surface area contributed by atoms with Gasteiger partial charge in [-0.2, -0.15) is 4.98 Å². The van der Waals surface area contributed by atoms with Gasteiger partial charge >= 0.3 is 0 Å². The molecular weight excluding hydrogens is 302 g/mol. The lowest BCUT2D eigenvalue weighted by Crippen LogP contribution is -2.09. The summed E-state index contributed by atoms with van der Waals surface area (Å²) in [6.07, 6.45) is 2.35. The van der Waals surface area contributed by atoms with Crippen molar-refractivity contribution >= 4 is 22.2 Å². The second-order valence-corrected chi connectivity index (χ2v) is 6.47. The number of hydrogen-bond acceptors (Lipinski definition) is 6. The third-order valence-corrected chi connectivity index (χ3v) is 4.34. The van der Waals surface area contributed by atoms with Crippen molar-refractivity contribution in [3.63, 3.8) is 0 Å². The molecule has 0 aliphatic carbocycles. The van der Waals surface area contributed by atoms with Crippen LogP contribution < -0.4 is 5.32 Å². The fraction of sp³-hybridized carbons (Fsp3) is 0.400. The van der Waals surface area contributed by atoms with Crippen LogP contribution in [0.1, 0.15) is 30.1 Å². The maximum atomic E-state index is 12.0. The van der Waals surface area contributed by atoms with Crippen LogP contribution in [0.25, 0.3) is 11.5 Å². The number of ether oxygens (including phenoxy) is 1. The number of rotatable bonds is 3. The summed E-state index contributed by atoms with van der Waals surface area (Å²) in [4.78, 5) is 17.5. The second-order valence-electron chi connectivity index (χ2n) is 5.37. The van der Waals surface area contributed by atoms with Gasteiger partial charge in [-0.15, -0.1) is 11.3 Å². The van der Waals surface area contributed by atoms with Crippen molar-refractivity contribution in [3.05, 3.63) is 27.9 Å². The van der Waals surface area contributed by atoms with Crippen LogP contribution in [-0.2, 0) is 22.6 Å². The first kappa shape index (κ1) is 14.9. The third-order valence-electron chi connectivity index (χ3n) is 3.22. The molecule has 0 bridgehead atoms. The van der Waals surface area contributed by atoms with Gasteiger partial charge < -0.3 is 14.6 Å². The first-order valence-corrected chi connectivity index (χ1v) is 7.85. The molecule has 0 unspecified atom stereocenters. The number of carbonyl (C=O) groups is 1. The van der Waals surface area contributed by atoms with E-state index >= 15 is 0 Å². The van der Waals surface area contributed by atoms with Gasteiger partial charge in [0.2, 0.25) is 5.91 Å². The summed E-state index contributed by atoms with van der Waals surface area (Å²) in [6, 6.07) is 0. The summed E-state index contributed by atoms with van der Waals surface area (Å²) in [5.74, 6) is 0.866. The Labute approximate surface area is 132 Å². The van der Waals surface area contributed by atoms with Crippen molar-refractivity contribution in [1.82, 2.24) is 10.1 Å². The molecule has 2 aromatic rings. The van der Waals surface area contributed by atoms with Crippen LogP contribution >= 0.6 is 11.3 Å². The number of aryl methyl sites for hydroxylation is 1. The lowest BCUT2D eigenvalue weighted by Gasteiger charge is -2.12. The van der Waals surface area contributed by atoms with Gasteiger partial charge in [0.05, 0.1) is 18.8 Å². The van der Waals surface area contributed by atoms with Gasteiger partial charge in [-0.3, -0.25) is 4.79 Å². The number of carbonyl (C=O) groups excluding carboxylic acids is 1. The van der Waals surface area contributed by atoms with Crippen LogP contribution in [0.5, 0.6) is 0 Å². The number of fused-ring (bicyclic) bond motifs is 1. The van der Waals surface area contributed by atoms with Crippen molar-refractivity contribution < 1.29 is 14.1 Å². The van der Waals surface area contributed by atoms with Gasteiger partial charge in [-0.05, 0) is 32.8 Å². The summed E-state index contributed by atoms with van der Waals surface area (Å²) in [5, 5.41) is 7.52. The molecule has 0 saturated carbocycles. The molecule has 22 heavy (non-hydrogen) atoms. The maximum absolute atomic E-state index is 12.0. The Hall–Kier alpha value is -1.99. The molecule has 0 atom stereocenters. The van der Waals surface area contributed by atoms with E-state index in [0.717, 1.165) is 33.0 Å². The molecule has 2 aromatic heterocycles. The van der Waals surface area contributed by atoms with Gasteiger partial charge in [0, 0.05) is 11.0 Å². The molecule has 1 aliphatic heterocycles. The van der Waals surface area contributed by atoms with E-state index < -0.39 is 0 Å². The first-order chi connectivity index (χ1) is 10.5. The zero-order valence-corrected chi connectivity index (χ0v) is 13.5. The summed E-state index contributed by atoms with van der Waals surface area (Å²) < 4.78 is 10.8. The molecule has 3 rings (SSSR count). The van der Waals surface area contributed by atoms with Crippen molar-refractivity contribution in [2.24, 2.45) is 0 Å². The number of amides is 1. The largest absolute Gasteiger partial charge is 0.376 e. The van der Waals surface area contributed by atoms with Crippen molar-refractivity contribution in [2.75, 3.05) is 11.9 Å². The van der Waals surface area contributed by atoms with Crippen molar-refractivity contribution in [2.45, 2.75) is 33.8 Å². The zero-order chi connectivity index (χ0) is 15.7. The predicted octanol–water partition coefficient (Wildman–Crippen LogP) is 3.08. The van der Waals surface area contributed by atoms with E-state index in [2.05, 4.69) is 15.5 Å². The van der Waals surface area contributed by atoms with E-state index in [1.54, 1.807) is 13.0 Å². The Kier molecular flexibility index (Phi) is 4.08. The highest BCUT2D eigenvalue weighted by Gasteiger charge is 2.26. The molecule has 3 heterocycles. The molecular formula is C15H17N3O3S. The minimum Gasteiger partial charge on any atom is -0.376 e. The number of nitrogens with zero attached hydrogens (tertiary/aromatic N) is 2. The number of nitrogens with one attached hydrogen (secondary N) is 1. The first-order valence-electron chi connectivity index (χ1n) is 7.03. The highest BCUT2D eigenvalue weighted by Crippen LogP contribution is 2.42. The van der Waals surface area contributed by atoms with Gasteiger partial charge in [0.15, 0.2) is 5.82 Å². The Bertz CT molecular complexity index is 741. The number of anilines is 1. The molecule has 1 N–H and O–H groups in total. The van der Waals surface area contributed by atoms with Gasteiger partial charge in [-0.1, -0.05) is 10.7 Å². The van der Waals surface area contributed by atoms with E-state index in [-0.39, 0.29) is 5.91 Å².